The lowest BCUT2D eigenvalue weighted by atomic mass is 10.1. The first-order chi connectivity index (χ1) is 13.8. The molecule has 0 bridgehead atoms. The van der Waals surface area contributed by atoms with Crippen LogP contribution in [0.5, 0.6) is 17.2 Å². The van der Waals surface area contributed by atoms with Crippen LogP contribution >= 0.6 is 0 Å². The molecule has 0 N–H and O–H groups in total. The van der Waals surface area contributed by atoms with E-state index in [1.165, 1.54) is 51.4 Å². The largest absolute Gasteiger partial charge is 0.475 e. The lowest BCUT2D eigenvalue weighted by molar-refractivity contribution is -0.00476. The molecule has 1 unspecified atom stereocenters. The number of piperidine rings is 1. The van der Waals surface area contributed by atoms with E-state index in [0.29, 0.717) is 0 Å². The Morgan fingerprint density at radius 3 is 2.25 bits per heavy atom. The molecule has 28 heavy (non-hydrogen) atoms. The van der Waals surface area contributed by atoms with Gasteiger partial charge in [-0.15, -0.1) is 0 Å². The first-order valence-electron chi connectivity index (χ1n) is 11.1. The van der Waals surface area contributed by atoms with Crippen molar-refractivity contribution in [3.63, 3.8) is 0 Å². The van der Waals surface area contributed by atoms with E-state index in [9.17, 15) is 0 Å². The van der Waals surface area contributed by atoms with E-state index in [1.807, 2.05) is 54.6 Å². The van der Waals surface area contributed by atoms with Crippen LogP contribution in [-0.4, -0.2) is 24.2 Å². The topological polar surface area (TPSA) is 21.7 Å². The molecule has 3 rings (SSSR count). The highest BCUT2D eigenvalue weighted by Gasteiger charge is 2.23. The highest BCUT2D eigenvalue weighted by Crippen LogP contribution is 2.26. The monoisotopic (exact) mass is 381 g/mol. The molecule has 3 nitrogen and oxygen atoms in total. The summed E-state index contributed by atoms with van der Waals surface area (Å²) in [6.45, 7) is 4.59. The van der Waals surface area contributed by atoms with Crippen molar-refractivity contribution in [1.82, 2.24) is 4.90 Å². The fraction of sp³-hybridized carbons (Fsp3) is 0.520. The minimum Gasteiger partial charge on any atom is -0.475 e. The van der Waals surface area contributed by atoms with Gasteiger partial charge in [0.15, 0.2) is 6.23 Å². The second kappa shape index (κ2) is 11.8. The zero-order valence-corrected chi connectivity index (χ0v) is 17.3. The Kier molecular flexibility index (Phi) is 8.70. The van der Waals surface area contributed by atoms with Crippen molar-refractivity contribution < 1.29 is 9.47 Å². The molecule has 1 aliphatic heterocycles. The highest BCUT2D eigenvalue weighted by atomic mass is 16.5. The number of unbranched alkanes of at least 4 members (excludes halogenated alkanes) is 5. The molecule has 0 saturated carbocycles. The Bertz CT molecular complexity index is 656. The van der Waals surface area contributed by atoms with Gasteiger partial charge in [0.25, 0.3) is 0 Å². The maximum Gasteiger partial charge on any atom is 0.152 e. The number of para-hydroxylation sites is 1. The molecule has 0 aromatic heterocycles. The van der Waals surface area contributed by atoms with Gasteiger partial charge in [-0.3, -0.25) is 4.90 Å². The van der Waals surface area contributed by atoms with Gasteiger partial charge in [-0.1, -0.05) is 57.2 Å². The third-order valence-electron chi connectivity index (χ3n) is 5.43. The Morgan fingerprint density at radius 2 is 1.46 bits per heavy atom. The van der Waals surface area contributed by atoms with Gasteiger partial charge in [-0.25, -0.2) is 0 Å². The van der Waals surface area contributed by atoms with Crippen LogP contribution < -0.4 is 9.47 Å². The lowest BCUT2D eigenvalue weighted by Crippen LogP contribution is -2.43. The molecule has 0 spiro atoms. The molecule has 1 heterocycles. The number of nitrogens with zero attached hydrogens (tertiary/aromatic N) is 1. The van der Waals surface area contributed by atoms with Gasteiger partial charge in [-0.2, -0.15) is 0 Å². The Morgan fingerprint density at radius 1 is 0.786 bits per heavy atom. The first kappa shape index (κ1) is 20.7. The predicted molar refractivity (Wildman–Crippen MR) is 116 cm³/mol. The Hall–Kier alpha value is -2.00. The summed E-state index contributed by atoms with van der Waals surface area (Å²) in [5.41, 5.74) is 0. The average molecular weight is 382 g/mol. The molecule has 1 aliphatic rings. The number of hydrogen-bond donors (Lipinski definition) is 0. The van der Waals surface area contributed by atoms with Crippen molar-refractivity contribution in [1.29, 1.82) is 0 Å². The van der Waals surface area contributed by atoms with Gasteiger partial charge < -0.3 is 9.47 Å². The third kappa shape index (κ3) is 6.87. The zero-order valence-electron chi connectivity index (χ0n) is 17.3. The van der Waals surface area contributed by atoms with E-state index in [0.717, 1.165) is 36.8 Å². The molecular weight excluding hydrogens is 346 g/mol. The molecule has 152 valence electrons. The summed E-state index contributed by atoms with van der Waals surface area (Å²) in [4.78, 5) is 2.54. The summed E-state index contributed by atoms with van der Waals surface area (Å²) in [5.74, 6) is 2.62. The highest BCUT2D eigenvalue weighted by molar-refractivity contribution is 5.35. The van der Waals surface area contributed by atoms with Crippen molar-refractivity contribution in [2.75, 3.05) is 13.1 Å². The van der Waals surface area contributed by atoms with Crippen LogP contribution in [0.4, 0.5) is 0 Å². The number of benzene rings is 2. The van der Waals surface area contributed by atoms with Gasteiger partial charge in [-0.05, 0) is 62.1 Å². The standard InChI is InChI=1S/C25H35NO2/c1-2-3-4-5-6-11-20-26-21-12-10-15-25(26)28-24-18-16-23(17-19-24)27-22-13-8-7-9-14-22/h7-9,13-14,16-19,25H,2-6,10-12,15,20-21H2,1H3. The quantitative estimate of drug-likeness (QED) is 0.390. The summed E-state index contributed by atoms with van der Waals surface area (Å²) < 4.78 is 12.2. The van der Waals surface area contributed by atoms with Gasteiger partial charge in [0.2, 0.25) is 0 Å². The number of rotatable bonds is 11. The van der Waals surface area contributed by atoms with Crippen LogP contribution in [0.15, 0.2) is 54.6 Å². The molecule has 3 heteroatoms. The maximum absolute atomic E-state index is 6.34. The summed E-state index contributed by atoms with van der Waals surface area (Å²) in [7, 11) is 0. The van der Waals surface area contributed by atoms with Crippen LogP contribution in [0, 0.1) is 0 Å². The van der Waals surface area contributed by atoms with E-state index in [-0.39, 0.29) is 6.23 Å². The molecule has 2 aromatic rings. The summed E-state index contributed by atoms with van der Waals surface area (Å²) >= 11 is 0. The average Bonchev–Trinajstić information content (AvgIpc) is 2.74. The predicted octanol–water partition coefficient (Wildman–Crippen LogP) is 7.03. The second-order valence-electron chi connectivity index (χ2n) is 7.76. The van der Waals surface area contributed by atoms with Crippen LogP contribution in [0.2, 0.25) is 0 Å². The summed E-state index contributed by atoms with van der Waals surface area (Å²) in [6.07, 6.45) is 12.0. The van der Waals surface area contributed by atoms with Gasteiger partial charge in [0, 0.05) is 13.1 Å². The molecule has 2 aromatic carbocycles. The molecule has 0 radical (unpaired) electrons. The van der Waals surface area contributed by atoms with Crippen molar-refractivity contribution in [2.45, 2.75) is 70.9 Å². The van der Waals surface area contributed by atoms with Crippen LogP contribution in [-0.2, 0) is 0 Å². The first-order valence-corrected chi connectivity index (χ1v) is 11.1. The fourth-order valence-electron chi connectivity index (χ4n) is 3.81. The second-order valence-corrected chi connectivity index (χ2v) is 7.76. The lowest BCUT2D eigenvalue weighted by Gasteiger charge is -2.35. The van der Waals surface area contributed by atoms with Crippen LogP contribution in [0.3, 0.4) is 0 Å². The van der Waals surface area contributed by atoms with E-state index >= 15 is 0 Å². The van der Waals surface area contributed by atoms with Crippen LogP contribution in [0.1, 0.15) is 64.7 Å². The van der Waals surface area contributed by atoms with Gasteiger partial charge >= 0.3 is 0 Å². The van der Waals surface area contributed by atoms with E-state index < -0.39 is 0 Å². The van der Waals surface area contributed by atoms with Crippen LogP contribution in [0.25, 0.3) is 0 Å². The van der Waals surface area contributed by atoms with E-state index in [2.05, 4.69) is 11.8 Å². The van der Waals surface area contributed by atoms with Crippen molar-refractivity contribution in [2.24, 2.45) is 0 Å². The smallest absolute Gasteiger partial charge is 0.152 e. The normalized spacial score (nSPS) is 17.4. The van der Waals surface area contributed by atoms with Gasteiger partial charge in [0.05, 0.1) is 0 Å². The fourth-order valence-corrected chi connectivity index (χ4v) is 3.81. The van der Waals surface area contributed by atoms with Crippen molar-refractivity contribution in [3.8, 4) is 17.2 Å². The molecule has 0 amide bonds. The SMILES string of the molecule is CCCCCCCCN1CCCCC1Oc1ccc(Oc2ccccc2)cc1. The minimum atomic E-state index is 0.213. The molecule has 1 saturated heterocycles. The molecule has 1 atom stereocenters. The van der Waals surface area contributed by atoms with E-state index in [4.69, 9.17) is 9.47 Å². The molecule has 0 aliphatic carbocycles. The Balaban J connectivity index is 1.46. The van der Waals surface area contributed by atoms with Gasteiger partial charge in [0.1, 0.15) is 17.2 Å². The van der Waals surface area contributed by atoms with Crippen molar-refractivity contribution in [3.05, 3.63) is 54.6 Å². The molecular formula is C25H35NO2. The van der Waals surface area contributed by atoms with E-state index in [1.54, 1.807) is 0 Å². The zero-order chi connectivity index (χ0) is 19.4. The number of likely N-dealkylation sites (tertiary alicyclic amines) is 1. The summed E-state index contributed by atoms with van der Waals surface area (Å²) in [6, 6.07) is 17.9. The number of hydrogen-bond acceptors (Lipinski definition) is 3. The van der Waals surface area contributed by atoms with Crippen molar-refractivity contribution >= 4 is 0 Å². The third-order valence-corrected chi connectivity index (χ3v) is 5.43. The Labute approximate surface area is 170 Å². The minimum absolute atomic E-state index is 0.213. The summed E-state index contributed by atoms with van der Waals surface area (Å²) in [5, 5.41) is 0. The molecule has 1 fully saturated rings. The number of ether oxygens (including phenoxy) is 2. The maximum atomic E-state index is 6.34.